The summed E-state index contributed by atoms with van der Waals surface area (Å²) in [5, 5.41) is 0. The van der Waals surface area contributed by atoms with E-state index in [1.165, 1.54) is 12.8 Å². The van der Waals surface area contributed by atoms with Crippen molar-refractivity contribution in [3.8, 4) is 0 Å². The van der Waals surface area contributed by atoms with Crippen molar-refractivity contribution >= 4 is 0 Å². The Labute approximate surface area is 68.9 Å². The Balaban J connectivity index is 2.12. The average molecular weight is 158 g/mol. The Morgan fingerprint density at radius 3 is 2.91 bits per heavy atom. The van der Waals surface area contributed by atoms with Crippen LogP contribution in [0.15, 0.2) is 0 Å². The van der Waals surface area contributed by atoms with E-state index < -0.39 is 0 Å². The lowest BCUT2D eigenvalue weighted by molar-refractivity contribution is -0.188. The second kappa shape index (κ2) is 4.73. The number of rotatable bonds is 3. The molecule has 1 rings (SSSR count). The first-order valence-corrected chi connectivity index (χ1v) is 4.60. The molecule has 1 aliphatic rings. The van der Waals surface area contributed by atoms with Crippen LogP contribution in [0.4, 0.5) is 0 Å². The summed E-state index contributed by atoms with van der Waals surface area (Å²) in [6.07, 6.45) is 5.06. The molecule has 0 amide bonds. The van der Waals surface area contributed by atoms with Crippen LogP contribution in [0.25, 0.3) is 0 Å². The molecule has 1 heterocycles. The quantitative estimate of drug-likeness (QED) is 0.627. The maximum atomic E-state index is 5.57. The van der Waals surface area contributed by atoms with Gasteiger partial charge in [0.15, 0.2) is 6.29 Å². The summed E-state index contributed by atoms with van der Waals surface area (Å²) in [4.78, 5) is 0. The van der Waals surface area contributed by atoms with Gasteiger partial charge < -0.3 is 9.47 Å². The number of hydrogen-bond acceptors (Lipinski definition) is 2. The third-order valence-electron chi connectivity index (χ3n) is 1.94. The van der Waals surface area contributed by atoms with Gasteiger partial charge in [0.25, 0.3) is 0 Å². The van der Waals surface area contributed by atoms with Gasteiger partial charge in [-0.25, -0.2) is 0 Å². The van der Waals surface area contributed by atoms with Gasteiger partial charge in [-0.15, -0.1) is 0 Å². The van der Waals surface area contributed by atoms with Crippen LogP contribution >= 0.6 is 0 Å². The van der Waals surface area contributed by atoms with E-state index in [9.17, 15) is 0 Å². The van der Waals surface area contributed by atoms with E-state index in [2.05, 4.69) is 13.8 Å². The van der Waals surface area contributed by atoms with E-state index in [1.807, 2.05) is 0 Å². The van der Waals surface area contributed by atoms with E-state index in [1.54, 1.807) is 0 Å². The largest absolute Gasteiger partial charge is 0.353 e. The van der Waals surface area contributed by atoms with E-state index in [4.69, 9.17) is 9.47 Å². The van der Waals surface area contributed by atoms with Crippen molar-refractivity contribution in [2.45, 2.75) is 51.9 Å². The highest BCUT2D eigenvalue weighted by Gasteiger charge is 2.18. The fraction of sp³-hybridized carbons (Fsp3) is 1.00. The minimum absolute atomic E-state index is 0.0821. The van der Waals surface area contributed by atoms with Gasteiger partial charge in [0.2, 0.25) is 0 Å². The molecule has 0 saturated carbocycles. The summed E-state index contributed by atoms with van der Waals surface area (Å²) in [6.45, 7) is 5.06. The van der Waals surface area contributed by atoms with Gasteiger partial charge in [0, 0.05) is 6.61 Å². The standard InChI is InChI=1S/C9H18O2/c1-3-7-10-9-6-4-5-8(2)11-9/h8-9H,3-7H2,1-2H3. The molecule has 0 bridgehead atoms. The molecule has 1 fully saturated rings. The van der Waals surface area contributed by atoms with Crippen LogP contribution in [0.1, 0.15) is 39.5 Å². The molecule has 2 nitrogen and oxygen atoms in total. The Hall–Kier alpha value is -0.0800. The zero-order valence-electron chi connectivity index (χ0n) is 7.51. The Bertz CT molecular complexity index is 104. The lowest BCUT2D eigenvalue weighted by Gasteiger charge is -2.27. The predicted octanol–water partition coefficient (Wildman–Crippen LogP) is 2.33. The molecular formula is C9H18O2. The molecule has 1 aliphatic heterocycles. The normalized spacial score (nSPS) is 32.2. The van der Waals surface area contributed by atoms with Crippen molar-refractivity contribution < 1.29 is 9.47 Å². The van der Waals surface area contributed by atoms with Gasteiger partial charge in [-0.1, -0.05) is 6.92 Å². The molecule has 0 aromatic rings. The van der Waals surface area contributed by atoms with Crippen molar-refractivity contribution in [3.05, 3.63) is 0 Å². The zero-order valence-corrected chi connectivity index (χ0v) is 7.51. The molecular weight excluding hydrogens is 140 g/mol. The maximum absolute atomic E-state index is 5.57. The molecule has 0 N–H and O–H groups in total. The highest BCUT2D eigenvalue weighted by Crippen LogP contribution is 2.19. The lowest BCUT2D eigenvalue weighted by Crippen LogP contribution is -2.27. The van der Waals surface area contributed by atoms with Gasteiger partial charge in [-0.05, 0) is 32.6 Å². The summed E-state index contributed by atoms with van der Waals surface area (Å²) in [5.41, 5.74) is 0. The molecule has 2 heteroatoms. The Morgan fingerprint density at radius 1 is 1.45 bits per heavy atom. The van der Waals surface area contributed by atoms with E-state index in [-0.39, 0.29) is 6.29 Å². The molecule has 0 spiro atoms. The smallest absolute Gasteiger partial charge is 0.157 e. The predicted molar refractivity (Wildman–Crippen MR) is 44.4 cm³/mol. The Kier molecular flexibility index (Phi) is 3.87. The summed E-state index contributed by atoms with van der Waals surface area (Å²) in [7, 11) is 0. The molecule has 1 saturated heterocycles. The van der Waals surface area contributed by atoms with Crippen molar-refractivity contribution in [1.82, 2.24) is 0 Å². The average Bonchev–Trinajstić information content (AvgIpc) is 2.01. The topological polar surface area (TPSA) is 18.5 Å². The van der Waals surface area contributed by atoms with E-state index in [0.717, 1.165) is 19.4 Å². The summed E-state index contributed by atoms with van der Waals surface area (Å²) in [5.74, 6) is 0. The number of ether oxygens (including phenoxy) is 2. The third kappa shape index (κ3) is 3.21. The molecule has 0 aromatic heterocycles. The van der Waals surface area contributed by atoms with Crippen LogP contribution in [0.5, 0.6) is 0 Å². The molecule has 66 valence electrons. The lowest BCUT2D eigenvalue weighted by atomic mass is 10.1. The van der Waals surface area contributed by atoms with E-state index >= 15 is 0 Å². The van der Waals surface area contributed by atoms with Crippen LogP contribution in [0.3, 0.4) is 0 Å². The second-order valence-electron chi connectivity index (χ2n) is 3.18. The molecule has 0 aromatic carbocycles. The molecule has 0 radical (unpaired) electrons. The molecule has 0 aliphatic carbocycles. The van der Waals surface area contributed by atoms with Crippen LogP contribution in [-0.2, 0) is 9.47 Å². The fourth-order valence-electron chi connectivity index (χ4n) is 1.34. The fourth-order valence-corrected chi connectivity index (χ4v) is 1.34. The first-order valence-electron chi connectivity index (χ1n) is 4.60. The van der Waals surface area contributed by atoms with Gasteiger partial charge in [-0.3, -0.25) is 0 Å². The van der Waals surface area contributed by atoms with Crippen molar-refractivity contribution in [2.75, 3.05) is 6.61 Å². The number of hydrogen-bond donors (Lipinski definition) is 0. The third-order valence-corrected chi connectivity index (χ3v) is 1.94. The Morgan fingerprint density at radius 2 is 2.27 bits per heavy atom. The highest BCUT2D eigenvalue weighted by molar-refractivity contribution is 4.61. The van der Waals surface area contributed by atoms with Crippen molar-refractivity contribution in [2.24, 2.45) is 0 Å². The van der Waals surface area contributed by atoms with Crippen LogP contribution in [0, 0.1) is 0 Å². The monoisotopic (exact) mass is 158 g/mol. The first kappa shape index (κ1) is 9.01. The van der Waals surface area contributed by atoms with Crippen LogP contribution < -0.4 is 0 Å². The van der Waals surface area contributed by atoms with Crippen molar-refractivity contribution in [3.63, 3.8) is 0 Å². The minimum atomic E-state index is 0.0821. The maximum Gasteiger partial charge on any atom is 0.157 e. The second-order valence-corrected chi connectivity index (χ2v) is 3.18. The van der Waals surface area contributed by atoms with Gasteiger partial charge >= 0.3 is 0 Å². The summed E-state index contributed by atoms with van der Waals surface area (Å²) >= 11 is 0. The minimum Gasteiger partial charge on any atom is -0.353 e. The van der Waals surface area contributed by atoms with Crippen LogP contribution in [0.2, 0.25) is 0 Å². The highest BCUT2D eigenvalue weighted by atomic mass is 16.7. The van der Waals surface area contributed by atoms with Crippen LogP contribution in [-0.4, -0.2) is 19.0 Å². The molecule has 11 heavy (non-hydrogen) atoms. The first-order chi connectivity index (χ1) is 5.33. The SMILES string of the molecule is CCCOC1CCCC(C)O1. The van der Waals surface area contributed by atoms with Gasteiger partial charge in [0.1, 0.15) is 0 Å². The van der Waals surface area contributed by atoms with E-state index in [0.29, 0.717) is 6.10 Å². The van der Waals surface area contributed by atoms with Gasteiger partial charge in [0.05, 0.1) is 6.10 Å². The summed E-state index contributed by atoms with van der Waals surface area (Å²) in [6, 6.07) is 0. The van der Waals surface area contributed by atoms with Crippen molar-refractivity contribution in [1.29, 1.82) is 0 Å². The van der Waals surface area contributed by atoms with Gasteiger partial charge in [-0.2, -0.15) is 0 Å². The molecule has 2 unspecified atom stereocenters. The molecule has 2 atom stereocenters. The zero-order chi connectivity index (χ0) is 8.10. The summed E-state index contributed by atoms with van der Waals surface area (Å²) < 4.78 is 11.0.